The number of methoxy groups -OCH3 is 2. The van der Waals surface area contributed by atoms with E-state index >= 15 is 0 Å². The molecule has 4 atom stereocenters. The third-order valence-corrected chi connectivity index (χ3v) is 23.5. The quantitative estimate of drug-likeness (QED) is 0.0369. The van der Waals surface area contributed by atoms with Crippen molar-refractivity contribution in [3.05, 3.63) is 260 Å². The summed E-state index contributed by atoms with van der Waals surface area (Å²) in [6.07, 6.45) is 12.2. The van der Waals surface area contributed by atoms with E-state index in [2.05, 4.69) is 6.07 Å². The number of benzene rings is 10. The Hall–Kier alpha value is -14.8. The lowest BCUT2D eigenvalue weighted by atomic mass is 10.1. The maximum Gasteiger partial charge on any atom is 0.333 e. The molecule has 0 saturated carbocycles. The zero-order valence-corrected chi connectivity index (χ0v) is 69.1. The van der Waals surface area contributed by atoms with Crippen LogP contribution in [0.15, 0.2) is 202 Å². The van der Waals surface area contributed by atoms with Gasteiger partial charge in [0, 0.05) is 123 Å². The van der Waals surface area contributed by atoms with Gasteiger partial charge in [-0.3, -0.25) is 73.1 Å². The van der Waals surface area contributed by atoms with Crippen LogP contribution in [0.3, 0.4) is 0 Å². The molecule has 0 radical (unpaired) electrons. The summed E-state index contributed by atoms with van der Waals surface area (Å²) in [4.78, 5) is 134. The Bertz CT molecular complexity index is 6180. The van der Waals surface area contributed by atoms with Crippen molar-refractivity contribution >= 4 is 118 Å². The fourth-order valence-electron chi connectivity index (χ4n) is 17.3. The fraction of sp³-hybridized carbons (Fsp3) is 0.280. The SMILES string of the molecule is C.C.COc1cc2c(cc1OCc1cc(COc3cc4c(cc3C)C(=O)N3c5ccccc5C[C@H]3C=N4)cc(OCCCCC(=O)O)c1)N=C[C@@H]1Cc3ccccc3N1C2=O.COc1cc2c(cc1OCc1cc(COc3cc4c(cc3C)C(=O)N3c5ccccc5C[C@H]3C=N4)cc(OCCCCC(=O)ON3C(=O)CCC3=O)c1)N=C[C@@H]1Cc3ccccc3N1C2=O. The Morgan fingerprint density at radius 3 is 1.01 bits per heavy atom. The number of aliphatic imine (C=N–C) groups is 4. The highest BCUT2D eigenvalue weighted by Gasteiger charge is 2.42. The van der Waals surface area contributed by atoms with E-state index in [-0.39, 0.29) is 121 Å². The maximum absolute atomic E-state index is 14.0. The van der Waals surface area contributed by atoms with Gasteiger partial charge in [-0.15, -0.1) is 5.06 Å². The first-order valence-electron chi connectivity index (χ1n) is 41.7. The van der Waals surface area contributed by atoms with Crippen molar-refractivity contribution in [1.82, 2.24) is 5.06 Å². The summed E-state index contributed by atoms with van der Waals surface area (Å²) in [7, 11) is 3.06. The molecule has 127 heavy (non-hydrogen) atoms. The van der Waals surface area contributed by atoms with Crippen LogP contribution in [0.25, 0.3) is 0 Å². The Morgan fingerprint density at radius 1 is 0.370 bits per heavy atom. The van der Waals surface area contributed by atoms with Crippen LogP contribution in [0.2, 0.25) is 0 Å². The van der Waals surface area contributed by atoms with Crippen LogP contribution >= 0.6 is 0 Å². The minimum Gasteiger partial charge on any atom is -0.494 e. The summed E-state index contributed by atoms with van der Waals surface area (Å²) in [5.74, 6) is 0.825. The molecule has 0 aliphatic carbocycles. The van der Waals surface area contributed by atoms with Gasteiger partial charge >= 0.3 is 11.9 Å². The van der Waals surface area contributed by atoms with Gasteiger partial charge in [-0.05, 0) is 180 Å². The number of ether oxygens (including phenoxy) is 8. The standard InChI is InChI=1S/C51H45N5O10.C47H42N4O8.2CH4/c1-30-17-38-40(52-26-35-21-33-9-3-5-11-42(33)54(35)50(38)60)24-44(30)64-28-31-18-32(20-37(19-31)63-16-8-7-13-49(59)66-56-47(57)14-15-48(56)58)29-65-46-25-41-39(23-45(46)62-2)51(61)55-36(27-53-41)22-34-10-4-6-12-43(34)55;1-28-15-36-38(48-24-33-19-31-9-3-5-11-40(31)50(33)46(36)54)22-42(28)58-26-29-16-30(18-35(17-29)57-14-8-7-13-45(52)53)27-59-44-23-39-37(21-43(44)56-2)47(55)51-34(25-49-39)20-32-10-4-6-12-41(32)51;;/h3-6,9-12,17-20,23-27,35-36H,7-8,13-16,21-22,28-29H2,1-2H3;3-6,9-12,15-18,21-25,33-34H,7-8,13-14,19-20,26-27H2,1-2H3,(H,52,53);2*1H4/t35-,36-;33-,34-;;/m00../s1. The molecule has 6 amide bonds. The third-order valence-electron chi connectivity index (χ3n) is 23.5. The van der Waals surface area contributed by atoms with Gasteiger partial charge in [0.1, 0.15) is 49.4 Å². The molecule has 1 N–H and O–H groups in total. The molecule has 9 heterocycles. The van der Waals surface area contributed by atoms with Crippen LogP contribution in [-0.2, 0) is 76.1 Å². The average Bonchev–Trinajstić information content (AvgIpc) is 1.63. The number of carbonyl (C=O) groups is 8. The molecule has 27 nitrogen and oxygen atoms in total. The van der Waals surface area contributed by atoms with Gasteiger partial charge in [0.2, 0.25) is 0 Å². The number of nitrogens with zero attached hydrogens (tertiary/aromatic N) is 9. The van der Waals surface area contributed by atoms with Crippen LogP contribution in [0, 0.1) is 13.8 Å². The van der Waals surface area contributed by atoms with Gasteiger partial charge in [0.15, 0.2) is 23.0 Å². The normalized spacial score (nSPS) is 17.0. The number of carbonyl (C=O) groups excluding carboxylic acids is 7. The van der Waals surface area contributed by atoms with Crippen molar-refractivity contribution in [2.75, 3.05) is 47.0 Å². The Balaban J connectivity index is 0.000000185. The predicted molar refractivity (Wildman–Crippen MR) is 481 cm³/mol. The Labute approximate surface area is 734 Å². The molecule has 27 heteroatoms. The number of carboxylic acid groups (broad SMARTS) is 1. The first-order valence-corrected chi connectivity index (χ1v) is 41.7. The molecule has 648 valence electrons. The number of rotatable bonds is 27. The highest BCUT2D eigenvalue weighted by atomic mass is 16.7. The number of hydrogen-bond acceptors (Lipinski definition) is 21. The number of unbranched alkanes of at least 4 members (excludes halogenated alkanes) is 2. The molecule has 19 rings (SSSR count). The van der Waals surface area contributed by atoms with Crippen LogP contribution in [-0.4, -0.2) is 134 Å². The van der Waals surface area contributed by atoms with Crippen LogP contribution in [0.4, 0.5) is 45.5 Å². The molecule has 1 fully saturated rings. The average molecular weight is 1710 g/mol. The number of aliphatic carboxylic acids is 1. The lowest BCUT2D eigenvalue weighted by Crippen LogP contribution is -2.37. The van der Waals surface area contributed by atoms with Gasteiger partial charge in [-0.1, -0.05) is 87.6 Å². The first-order chi connectivity index (χ1) is 60.8. The number of amides is 6. The molecule has 0 unspecified atom stereocenters. The largest absolute Gasteiger partial charge is 0.494 e. The summed E-state index contributed by atoms with van der Waals surface area (Å²) in [5, 5.41) is 9.61. The van der Waals surface area contributed by atoms with Crippen molar-refractivity contribution < 1.29 is 86.2 Å². The topological polar surface area (TPSA) is 305 Å². The fourth-order valence-corrected chi connectivity index (χ4v) is 17.3. The van der Waals surface area contributed by atoms with E-state index in [1.807, 2.05) is 194 Å². The van der Waals surface area contributed by atoms with Crippen LogP contribution in [0.1, 0.15) is 163 Å². The number of aryl methyl sites for hydroxylation is 2. The van der Waals surface area contributed by atoms with Crippen molar-refractivity contribution in [3.63, 3.8) is 0 Å². The molecule has 9 aliphatic heterocycles. The van der Waals surface area contributed by atoms with Gasteiger partial charge in [0.05, 0.1) is 96.6 Å². The number of para-hydroxylation sites is 4. The smallest absolute Gasteiger partial charge is 0.333 e. The summed E-state index contributed by atoms with van der Waals surface area (Å²) < 4.78 is 49.4. The van der Waals surface area contributed by atoms with E-state index in [1.165, 1.54) is 14.2 Å². The lowest BCUT2D eigenvalue weighted by molar-refractivity contribution is -0.197. The zero-order chi connectivity index (χ0) is 86.1. The Morgan fingerprint density at radius 2 is 0.677 bits per heavy atom. The lowest BCUT2D eigenvalue weighted by Gasteiger charge is -2.22. The number of hydroxylamine groups is 2. The molecular formula is C100H95N9O18. The van der Waals surface area contributed by atoms with E-state index in [9.17, 15) is 38.4 Å². The third kappa shape index (κ3) is 17.7. The molecule has 0 bridgehead atoms. The molecule has 10 aromatic carbocycles. The van der Waals surface area contributed by atoms with Crippen molar-refractivity contribution in [2.24, 2.45) is 20.0 Å². The summed E-state index contributed by atoms with van der Waals surface area (Å²) in [5.41, 5.74) is 16.6. The van der Waals surface area contributed by atoms with E-state index < -0.39 is 23.8 Å². The van der Waals surface area contributed by atoms with Gasteiger partial charge < -0.3 is 47.8 Å². The van der Waals surface area contributed by atoms with E-state index in [1.54, 1.807) is 40.1 Å². The van der Waals surface area contributed by atoms with Crippen molar-refractivity contribution in [3.8, 4) is 46.0 Å². The zero-order valence-electron chi connectivity index (χ0n) is 69.1. The summed E-state index contributed by atoms with van der Waals surface area (Å²) in [6, 6.07) is 56.5. The predicted octanol–water partition coefficient (Wildman–Crippen LogP) is 17.5. The van der Waals surface area contributed by atoms with E-state index in [0.717, 1.165) is 78.4 Å². The number of carboxylic acids is 1. The molecule has 10 aromatic rings. The minimum atomic E-state index is -0.841. The first kappa shape index (κ1) is 85.8. The molecule has 0 aromatic heterocycles. The van der Waals surface area contributed by atoms with E-state index in [0.29, 0.717) is 154 Å². The second-order valence-electron chi connectivity index (χ2n) is 31.9. The van der Waals surface area contributed by atoms with Gasteiger partial charge in [-0.25, -0.2) is 4.79 Å². The van der Waals surface area contributed by atoms with Gasteiger partial charge in [0.25, 0.3) is 35.4 Å². The molecular weight excluding hydrogens is 1620 g/mol. The molecule has 1 saturated heterocycles. The number of fused-ring (bicyclic) bond motifs is 16. The monoisotopic (exact) mass is 1710 g/mol. The Kier molecular flexibility index (Phi) is 25.0. The van der Waals surface area contributed by atoms with Crippen LogP contribution in [0.5, 0.6) is 46.0 Å². The number of hydrogen-bond donors (Lipinski definition) is 1. The maximum atomic E-state index is 14.0. The second-order valence-corrected chi connectivity index (χ2v) is 31.9. The highest BCUT2D eigenvalue weighted by Crippen LogP contribution is 2.47. The summed E-state index contributed by atoms with van der Waals surface area (Å²) >= 11 is 0. The number of imide groups is 1. The second kappa shape index (κ2) is 37.0. The van der Waals surface area contributed by atoms with Crippen LogP contribution < -0.4 is 57.5 Å². The van der Waals surface area contributed by atoms with E-state index in [4.69, 9.17) is 67.8 Å². The van der Waals surface area contributed by atoms with Crippen molar-refractivity contribution in [1.29, 1.82) is 0 Å². The van der Waals surface area contributed by atoms with Crippen molar-refractivity contribution in [2.45, 2.75) is 156 Å². The molecule has 9 aliphatic rings. The summed E-state index contributed by atoms with van der Waals surface area (Å²) in [6.45, 7) is 4.95. The van der Waals surface area contributed by atoms with Gasteiger partial charge in [-0.2, -0.15) is 0 Å². The number of anilines is 4. The molecule has 0 spiro atoms. The minimum absolute atomic E-state index is 0. The highest BCUT2D eigenvalue weighted by molar-refractivity contribution is 6.18.